The summed E-state index contributed by atoms with van der Waals surface area (Å²) >= 11 is 0. The van der Waals surface area contributed by atoms with Crippen LogP contribution in [0, 0.1) is 17.3 Å². The predicted molar refractivity (Wildman–Crippen MR) is 90.2 cm³/mol. The molecule has 1 nitrogen and oxygen atoms in total. The first-order chi connectivity index (χ1) is 9.42. The number of hydrogen-bond donors (Lipinski definition) is 0. The zero-order valence-corrected chi connectivity index (χ0v) is 19.5. The molecule has 0 aromatic heterocycles. The Morgan fingerprint density at radius 1 is 0.870 bits per heavy atom. The molecule has 0 aliphatic heterocycles. The van der Waals surface area contributed by atoms with Gasteiger partial charge in [0.15, 0.2) is 8.32 Å². The van der Waals surface area contributed by atoms with E-state index in [9.17, 15) is 0 Å². The molecular weight excluding hydrogens is 422 g/mol. The Morgan fingerprint density at radius 3 is 1.61 bits per heavy atom. The fourth-order valence-corrected chi connectivity index (χ4v) is 3.89. The van der Waals surface area contributed by atoms with Crippen LogP contribution in [0.5, 0.6) is 0 Å². The molecule has 0 saturated heterocycles. The summed E-state index contributed by atoms with van der Waals surface area (Å²) in [5, 5.41) is 0. The van der Waals surface area contributed by atoms with Crippen molar-refractivity contribution in [2.75, 3.05) is 6.61 Å². The second kappa shape index (κ2) is 11.3. The molecule has 23 heavy (non-hydrogen) atoms. The van der Waals surface area contributed by atoms with Gasteiger partial charge in [-0.2, -0.15) is 0 Å². The fraction of sp³-hybridized carbons (Fsp3) is 0.556. The van der Waals surface area contributed by atoms with Gasteiger partial charge in [0.25, 0.3) is 0 Å². The van der Waals surface area contributed by atoms with Crippen molar-refractivity contribution < 1.29 is 55.4 Å². The molecule has 0 bridgehead atoms. The number of allylic oxidation sites excluding steroid dienone is 8. The molecule has 0 unspecified atom stereocenters. The van der Waals surface area contributed by atoms with Gasteiger partial charge in [0.05, 0.1) is 0 Å². The number of hydrogen-bond acceptors (Lipinski definition) is 1. The SMILES string of the molecule is CC(CCCO[Si](C)(C)C)(C1C=CC=C1)C1C=CC=C1.[Cl-].[Cl-].[Zr+2]. The zero-order chi connectivity index (χ0) is 14.6. The average Bonchev–Trinajstić information content (AvgIpc) is 3.04. The molecule has 128 valence electrons. The van der Waals surface area contributed by atoms with Gasteiger partial charge in [0.1, 0.15) is 0 Å². The summed E-state index contributed by atoms with van der Waals surface area (Å²) in [7, 11) is -1.37. The van der Waals surface area contributed by atoms with Gasteiger partial charge in [-0.1, -0.05) is 55.5 Å². The Morgan fingerprint density at radius 2 is 1.26 bits per heavy atom. The largest absolute Gasteiger partial charge is 2.00 e. The first-order valence-corrected chi connectivity index (χ1v) is 11.2. The summed E-state index contributed by atoms with van der Waals surface area (Å²) in [5.74, 6) is 1.10. The van der Waals surface area contributed by atoms with Gasteiger partial charge in [-0.05, 0) is 37.9 Å². The van der Waals surface area contributed by atoms with E-state index in [0.29, 0.717) is 11.8 Å². The minimum absolute atomic E-state index is 0. The summed E-state index contributed by atoms with van der Waals surface area (Å²) in [6.07, 6.45) is 20.5. The van der Waals surface area contributed by atoms with E-state index in [1.54, 1.807) is 0 Å². The molecule has 2 rings (SSSR count). The maximum absolute atomic E-state index is 6.02. The van der Waals surface area contributed by atoms with E-state index in [1.165, 1.54) is 6.42 Å². The topological polar surface area (TPSA) is 9.23 Å². The monoisotopic (exact) mass is 448 g/mol. The molecule has 2 aliphatic rings. The molecule has 5 heteroatoms. The van der Waals surface area contributed by atoms with Gasteiger partial charge in [0, 0.05) is 18.4 Å². The normalized spacial score (nSPS) is 17.0. The van der Waals surface area contributed by atoms with Crippen molar-refractivity contribution in [3.05, 3.63) is 48.6 Å². The van der Waals surface area contributed by atoms with Gasteiger partial charge in [-0.25, -0.2) is 0 Å². The van der Waals surface area contributed by atoms with Crippen molar-refractivity contribution in [2.24, 2.45) is 17.3 Å². The summed E-state index contributed by atoms with van der Waals surface area (Å²) in [6.45, 7) is 10.1. The Bertz CT molecular complexity index is 400. The molecule has 0 heterocycles. The molecule has 0 fully saturated rings. The molecule has 0 saturated carbocycles. The van der Waals surface area contributed by atoms with Crippen molar-refractivity contribution in [2.45, 2.75) is 39.4 Å². The molecule has 0 aromatic carbocycles. The van der Waals surface area contributed by atoms with Crippen LogP contribution in [0.2, 0.25) is 19.6 Å². The van der Waals surface area contributed by atoms with E-state index in [1.807, 2.05) is 0 Å². The zero-order valence-electron chi connectivity index (χ0n) is 14.6. The fourth-order valence-electron chi connectivity index (χ4n) is 3.13. The third-order valence-corrected chi connectivity index (χ3v) is 5.48. The third-order valence-electron chi connectivity index (χ3n) is 4.41. The molecule has 0 radical (unpaired) electrons. The van der Waals surface area contributed by atoms with Gasteiger partial charge in [0.2, 0.25) is 0 Å². The average molecular weight is 451 g/mol. The van der Waals surface area contributed by atoms with E-state index >= 15 is 0 Å². The van der Waals surface area contributed by atoms with Crippen LogP contribution in [0.15, 0.2) is 48.6 Å². The van der Waals surface area contributed by atoms with Crippen LogP contribution in [0.25, 0.3) is 0 Å². The second-order valence-electron chi connectivity index (χ2n) is 7.16. The van der Waals surface area contributed by atoms with Crippen LogP contribution in [-0.4, -0.2) is 14.9 Å². The molecule has 0 aromatic rings. The van der Waals surface area contributed by atoms with Gasteiger partial charge in [-0.3, -0.25) is 0 Å². The molecule has 0 amide bonds. The molecule has 0 atom stereocenters. The minimum atomic E-state index is -1.37. The summed E-state index contributed by atoms with van der Waals surface area (Å²) in [6, 6.07) is 0. The standard InChI is InChI=1S/C18H28OSi.2ClH.Zr/c1-18(16-10-5-6-11-16,17-12-7-8-13-17)14-9-15-19-20(2,3)4;;;/h5-8,10-13,16-17H,9,14-15H2,1-4H3;2*1H;/q;;;+2/p-2. The number of rotatable bonds is 7. The van der Waals surface area contributed by atoms with E-state index in [0.717, 1.165) is 13.0 Å². The summed E-state index contributed by atoms with van der Waals surface area (Å²) < 4.78 is 6.02. The maximum Gasteiger partial charge on any atom is 2.00 e. The number of halogens is 2. The summed E-state index contributed by atoms with van der Waals surface area (Å²) in [4.78, 5) is 0. The Balaban J connectivity index is 0. The maximum atomic E-state index is 6.02. The van der Waals surface area contributed by atoms with Crippen LogP contribution < -0.4 is 24.8 Å². The van der Waals surface area contributed by atoms with E-state index in [4.69, 9.17) is 4.43 Å². The van der Waals surface area contributed by atoms with Crippen molar-refractivity contribution in [1.82, 2.24) is 0 Å². The van der Waals surface area contributed by atoms with E-state index in [-0.39, 0.29) is 56.4 Å². The first-order valence-electron chi connectivity index (χ1n) is 7.76. The van der Waals surface area contributed by atoms with Crippen LogP contribution in [0.1, 0.15) is 19.8 Å². The van der Waals surface area contributed by atoms with Gasteiger partial charge < -0.3 is 29.2 Å². The van der Waals surface area contributed by atoms with Crippen molar-refractivity contribution in [3.8, 4) is 0 Å². The van der Waals surface area contributed by atoms with Crippen LogP contribution in [0.3, 0.4) is 0 Å². The summed E-state index contributed by atoms with van der Waals surface area (Å²) in [5.41, 5.74) is 0.274. The second-order valence-corrected chi connectivity index (χ2v) is 11.7. The first kappa shape index (κ1) is 25.8. The molecule has 0 N–H and O–H groups in total. The Kier molecular flexibility index (Phi) is 12.6. The van der Waals surface area contributed by atoms with Crippen LogP contribution in [0.4, 0.5) is 0 Å². The molecule has 0 spiro atoms. The van der Waals surface area contributed by atoms with E-state index < -0.39 is 8.32 Å². The molecule has 2 aliphatic carbocycles. The smallest absolute Gasteiger partial charge is 1.00 e. The third kappa shape index (κ3) is 7.57. The Labute approximate surface area is 174 Å². The predicted octanol–water partition coefficient (Wildman–Crippen LogP) is -0.886. The minimum Gasteiger partial charge on any atom is -1.00 e. The van der Waals surface area contributed by atoms with Crippen LogP contribution >= 0.6 is 0 Å². The van der Waals surface area contributed by atoms with Gasteiger partial charge in [-0.15, -0.1) is 0 Å². The molecular formula is C18H28Cl2OSiZr. The van der Waals surface area contributed by atoms with Crippen LogP contribution in [-0.2, 0) is 30.6 Å². The van der Waals surface area contributed by atoms with E-state index in [2.05, 4.69) is 75.2 Å². The van der Waals surface area contributed by atoms with Crippen molar-refractivity contribution in [1.29, 1.82) is 0 Å². The van der Waals surface area contributed by atoms with Gasteiger partial charge >= 0.3 is 26.2 Å². The Hall–Kier alpha value is 0.600. The van der Waals surface area contributed by atoms with Crippen molar-refractivity contribution >= 4 is 8.32 Å². The van der Waals surface area contributed by atoms with Crippen molar-refractivity contribution in [3.63, 3.8) is 0 Å². The quantitative estimate of drug-likeness (QED) is 0.362.